The second kappa shape index (κ2) is 5.66. The van der Waals surface area contributed by atoms with E-state index in [4.69, 9.17) is 0 Å². The van der Waals surface area contributed by atoms with Crippen molar-refractivity contribution in [3.05, 3.63) is 83.2 Å². The average Bonchev–Trinajstić information content (AvgIpc) is 3.09. The van der Waals surface area contributed by atoms with Gasteiger partial charge in [0.1, 0.15) is 11.6 Å². The summed E-state index contributed by atoms with van der Waals surface area (Å²) in [5.74, 6) is -0.445. The zero-order chi connectivity index (χ0) is 17.6. The van der Waals surface area contributed by atoms with Gasteiger partial charge in [0.15, 0.2) is 0 Å². The van der Waals surface area contributed by atoms with E-state index < -0.39 is 0 Å². The van der Waals surface area contributed by atoms with Crippen molar-refractivity contribution in [3.8, 4) is 5.69 Å². The number of hydrogen-bond donors (Lipinski definition) is 0. The lowest BCUT2D eigenvalue weighted by molar-refractivity contribution is 0.0637. The number of carbonyl (C=O) groups is 2. The van der Waals surface area contributed by atoms with Crippen LogP contribution in [0.15, 0.2) is 54.7 Å². The molecule has 5 nitrogen and oxygen atoms in total. The van der Waals surface area contributed by atoms with Crippen LogP contribution >= 0.6 is 0 Å². The lowest BCUT2D eigenvalue weighted by Crippen LogP contribution is -2.30. The van der Waals surface area contributed by atoms with Crippen molar-refractivity contribution in [2.75, 3.05) is 0 Å². The van der Waals surface area contributed by atoms with E-state index in [1.807, 2.05) is 6.92 Å². The highest BCUT2D eigenvalue weighted by atomic mass is 19.1. The van der Waals surface area contributed by atoms with Gasteiger partial charge in [0.25, 0.3) is 11.8 Å². The van der Waals surface area contributed by atoms with Crippen LogP contribution in [0.5, 0.6) is 0 Å². The first-order valence-electron chi connectivity index (χ1n) is 7.80. The molecule has 3 aromatic rings. The standard InChI is InChI=1S/C19H14FN3O2/c1-12-10-22(14-8-6-13(20)7-9-14)17(21-12)11-23-18(24)15-4-2-3-5-16(15)19(23)25/h2-10H,11H2,1H3. The predicted octanol–water partition coefficient (Wildman–Crippen LogP) is 3.12. The van der Waals surface area contributed by atoms with Crippen LogP contribution in [0.3, 0.4) is 0 Å². The highest BCUT2D eigenvalue weighted by Crippen LogP contribution is 2.25. The number of rotatable bonds is 3. The van der Waals surface area contributed by atoms with Gasteiger partial charge in [-0.2, -0.15) is 0 Å². The topological polar surface area (TPSA) is 55.2 Å². The van der Waals surface area contributed by atoms with Crippen LogP contribution in [0.4, 0.5) is 4.39 Å². The molecule has 0 saturated heterocycles. The molecule has 4 rings (SSSR count). The number of aryl methyl sites for hydroxylation is 1. The monoisotopic (exact) mass is 335 g/mol. The highest BCUT2D eigenvalue weighted by molar-refractivity contribution is 6.21. The molecule has 2 heterocycles. The van der Waals surface area contributed by atoms with Crippen molar-refractivity contribution >= 4 is 11.8 Å². The van der Waals surface area contributed by atoms with Crippen LogP contribution in [0.1, 0.15) is 32.2 Å². The first-order chi connectivity index (χ1) is 12.0. The van der Waals surface area contributed by atoms with E-state index in [2.05, 4.69) is 4.98 Å². The first kappa shape index (κ1) is 15.3. The van der Waals surface area contributed by atoms with Gasteiger partial charge in [0, 0.05) is 11.9 Å². The molecule has 1 aliphatic heterocycles. The van der Waals surface area contributed by atoms with E-state index in [0.717, 1.165) is 5.69 Å². The molecule has 0 unspecified atom stereocenters. The number of imidazole rings is 1. The Morgan fingerprint density at radius 2 is 1.56 bits per heavy atom. The number of nitrogens with zero attached hydrogens (tertiary/aromatic N) is 3. The number of fused-ring (bicyclic) bond motifs is 1. The first-order valence-corrected chi connectivity index (χ1v) is 7.80. The van der Waals surface area contributed by atoms with Crippen LogP contribution in [-0.2, 0) is 6.54 Å². The smallest absolute Gasteiger partial charge is 0.261 e. The maximum Gasteiger partial charge on any atom is 0.261 e. The Morgan fingerprint density at radius 1 is 0.960 bits per heavy atom. The van der Waals surface area contributed by atoms with E-state index in [1.165, 1.54) is 17.0 Å². The van der Waals surface area contributed by atoms with Crippen LogP contribution in [0.2, 0.25) is 0 Å². The summed E-state index contributed by atoms with van der Waals surface area (Å²) in [4.78, 5) is 30.7. The SMILES string of the molecule is Cc1cn(-c2ccc(F)cc2)c(CN2C(=O)c3ccccc3C2=O)n1. The van der Waals surface area contributed by atoms with Gasteiger partial charge in [-0.15, -0.1) is 0 Å². The Bertz CT molecular complexity index is 957. The molecule has 25 heavy (non-hydrogen) atoms. The summed E-state index contributed by atoms with van der Waals surface area (Å²) in [6.07, 6.45) is 1.79. The van der Waals surface area contributed by atoms with Gasteiger partial charge in [-0.05, 0) is 43.3 Å². The molecule has 0 atom stereocenters. The molecule has 0 fully saturated rings. The zero-order valence-corrected chi connectivity index (χ0v) is 13.4. The van der Waals surface area contributed by atoms with Crippen molar-refractivity contribution in [1.82, 2.24) is 14.5 Å². The van der Waals surface area contributed by atoms with E-state index in [9.17, 15) is 14.0 Å². The quantitative estimate of drug-likeness (QED) is 0.691. The van der Waals surface area contributed by atoms with Crippen LogP contribution in [-0.4, -0.2) is 26.3 Å². The number of hydrogen-bond acceptors (Lipinski definition) is 3. The Hall–Kier alpha value is -3.28. The van der Waals surface area contributed by atoms with Gasteiger partial charge >= 0.3 is 0 Å². The van der Waals surface area contributed by atoms with E-state index in [1.54, 1.807) is 47.2 Å². The predicted molar refractivity (Wildman–Crippen MR) is 88.9 cm³/mol. The molecule has 6 heteroatoms. The normalized spacial score (nSPS) is 13.4. The van der Waals surface area contributed by atoms with E-state index in [-0.39, 0.29) is 24.2 Å². The number of imide groups is 1. The van der Waals surface area contributed by atoms with Gasteiger partial charge in [-0.25, -0.2) is 9.37 Å². The molecule has 124 valence electrons. The molecule has 2 aromatic carbocycles. The van der Waals surface area contributed by atoms with Crippen molar-refractivity contribution < 1.29 is 14.0 Å². The molecular weight excluding hydrogens is 321 g/mol. The zero-order valence-electron chi connectivity index (χ0n) is 13.4. The van der Waals surface area contributed by atoms with E-state index >= 15 is 0 Å². The van der Waals surface area contributed by atoms with Crippen LogP contribution < -0.4 is 0 Å². The molecule has 1 aliphatic rings. The van der Waals surface area contributed by atoms with Crippen molar-refractivity contribution in [3.63, 3.8) is 0 Å². The minimum Gasteiger partial charge on any atom is -0.302 e. The second-order valence-electron chi connectivity index (χ2n) is 5.89. The minimum absolute atomic E-state index is 0.0531. The Labute approximate surface area is 143 Å². The number of carbonyl (C=O) groups excluding carboxylic acids is 2. The van der Waals surface area contributed by atoms with E-state index in [0.29, 0.717) is 22.6 Å². The molecule has 0 saturated carbocycles. The van der Waals surface area contributed by atoms with Crippen molar-refractivity contribution in [1.29, 1.82) is 0 Å². The number of halogens is 1. The molecule has 1 aromatic heterocycles. The summed E-state index contributed by atoms with van der Waals surface area (Å²) in [6.45, 7) is 1.88. The molecule has 0 spiro atoms. The summed E-state index contributed by atoms with van der Waals surface area (Å²) in [5.41, 5.74) is 2.28. The van der Waals surface area contributed by atoms with Gasteiger partial charge < -0.3 is 4.57 Å². The summed E-state index contributed by atoms with van der Waals surface area (Å²) in [6, 6.07) is 12.7. The molecule has 0 aliphatic carbocycles. The maximum absolute atomic E-state index is 13.2. The Morgan fingerprint density at radius 3 is 2.16 bits per heavy atom. The lowest BCUT2D eigenvalue weighted by atomic mass is 10.1. The third kappa shape index (κ3) is 2.52. The van der Waals surface area contributed by atoms with Crippen molar-refractivity contribution in [2.45, 2.75) is 13.5 Å². The van der Waals surface area contributed by atoms with Crippen LogP contribution in [0, 0.1) is 12.7 Å². The van der Waals surface area contributed by atoms with Crippen LogP contribution in [0.25, 0.3) is 5.69 Å². The fourth-order valence-electron chi connectivity index (χ4n) is 3.01. The summed E-state index contributed by atoms with van der Waals surface area (Å²) in [7, 11) is 0. The highest BCUT2D eigenvalue weighted by Gasteiger charge is 2.35. The lowest BCUT2D eigenvalue weighted by Gasteiger charge is -2.15. The fraction of sp³-hybridized carbons (Fsp3) is 0.105. The number of amides is 2. The third-order valence-corrected chi connectivity index (χ3v) is 4.18. The Balaban J connectivity index is 1.70. The number of benzene rings is 2. The number of aromatic nitrogens is 2. The second-order valence-corrected chi connectivity index (χ2v) is 5.89. The maximum atomic E-state index is 13.2. The molecule has 0 radical (unpaired) electrons. The minimum atomic E-state index is -0.331. The van der Waals surface area contributed by atoms with Gasteiger partial charge in [0.05, 0.1) is 23.4 Å². The Kier molecular flexibility index (Phi) is 3.46. The average molecular weight is 335 g/mol. The third-order valence-electron chi connectivity index (χ3n) is 4.18. The molecule has 2 amide bonds. The van der Waals surface area contributed by atoms with Gasteiger partial charge in [-0.3, -0.25) is 14.5 Å². The van der Waals surface area contributed by atoms with Gasteiger partial charge in [0.2, 0.25) is 0 Å². The molecular formula is C19H14FN3O2. The molecule has 0 bridgehead atoms. The summed E-state index contributed by atoms with van der Waals surface area (Å²) < 4.78 is 14.9. The van der Waals surface area contributed by atoms with Crippen molar-refractivity contribution in [2.24, 2.45) is 0 Å². The fourth-order valence-corrected chi connectivity index (χ4v) is 3.01. The van der Waals surface area contributed by atoms with Gasteiger partial charge in [-0.1, -0.05) is 12.1 Å². The largest absolute Gasteiger partial charge is 0.302 e. The summed E-state index contributed by atoms with van der Waals surface area (Å²) >= 11 is 0. The molecule has 0 N–H and O–H groups in total. The summed E-state index contributed by atoms with van der Waals surface area (Å²) in [5, 5.41) is 0.